The number of hydrogen-bond donors (Lipinski definition) is 1. The van der Waals surface area contributed by atoms with E-state index in [-0.39, 0.29) is 0 Å². The number of benzene rings is 2. The van der Waals surface area contributed by atoms with Crippen molar-refractivity contribution in [2.75, 3.05) is 13.1 Å². The van der Waals surface area contributed by atoms with Crippen LogP contribution in [-0.2, 0) is 13.0 Å². The molecule has 0 spiro atoms. The van der Waals surface area contributed by atoms with Crippen LogP contribution in [0.5, 0.6) is 0 Å². The van der Waals surface area contributed by atoms with Gasteiger partial charge in [-0.3, -0.25) is 4.90 Å². The molecule has 0 amide bonds. The number of rotatable bonds is 4. The molecule has 0 aromatic heterocycles. The maximum absolute atomic E-state index is 6.32. The highest BCUT2D eigenvalue weighted by Gasteiger charge is 2.25. The monoisotopic (exact) mass is 294 g/mol. The Labute approximate surface area is 134 Å². The van der Waals surface area contributed by atoms with Gasteiger partial charge in [0.05, 0.1) is 0 Å². The molecule has 2 unspecified atom stereocenters. The van der Waals surface area contributed by atoms with Crippen molar-refractivity contribution < 1.29 is 0 Å². The van der Waals surface area contributed by atoms with Gasteiger partial charge in [-0.25, -0.2) is 0 Å². The maximum Gasteiger partial charge on any atom is 0.0237 e. The lowest BCUT2D eigenvalue weighted by molar-refractivity contribution is 0.149. The summed E-state index contributed by atoms with van der Waals surface area (Å²) in [4.78, 5) is 2.53. The molecule has 2 aromatic carbocycles. The van der Waals surface area contributed by atoms with E-state index >= 15 is 0 Å². The molecule has 2 N–H and O–H groups in total. The van der Waals surface area contributed by atoms with Crippen LogP contribution in [-0.4, -0.2) is 24.0 Å². The van der Waals surface area contributed by atoms with E-state index in [2.05, 4.69) is 66.4 Å². The van der Waals surface area contributed by atoms with Gasteiger partial charge in [0.1, 0.15) is 0 Å². The summed E-state index contributed by atoms with van der Waals surface area (Å²) >= 11 is 0. The van der Waals surface area contributed by atoms with Gasteiger partial charge in [-0.05, 0) is 42.4 Å². The van der Waals surface area contributed by atoms with E-state index in [1.54, 1.807) is 0 Å². The fourth-order valence-electron chi connectivity index (χ4n) is 3.60. The summed E-state index contributed by atoms with van der Waals surface area (Å²) < 4.78 is 0. The Morgan fingerprint density at radius 1 is 1.00 bits per heavy atom. The Morgan fingerprint density at radius 2 is 1.73 bits per heavy atom. The van der Waals surface area contributed by atoms with E-state index in [0.29, 0.717) is 12.0 Å². The molecule has 1 aliphatic rings. The van der Waals surface area contributed by atoms with Gasteiger partial charge in [-0.2, -0.15) is 0 Å². The quantitative estimate of drug-likeness (QED) is 0.936. The first-order valence-electron chi connectivity index (χ1n) is 8.27. The molecular weight excluding hydrogens is 268 g/mol. The Kier molecular flexibility index (Phi) is 4.91. The molecule has 1 heterocycles. The van der Waals surface area contributed by atoms with Crippen molar-refractivity contribution in [2.24, 2.45) is 11.7 Å². The zero-order valence-corrected chi connectivity index (χ0v) is 13.4. The predicted octanol–water partition coefficient (Wildman–Crippen LogP) is 3.39. The van der Waals surface area contributed by atoms with Gasteiger partial charge >= 0.3 is 0 Å². The van der Waals surface area contributed by atoms with Crippen LogP contribution in [0.4, 0.5) is 0 Å². The minimum atomic E-state index is 0.298. The molecule has 0 radical (unpaired) electrons. The Hall–Kier alpha value is -1.64. The molecule has 2 atom stereocenters. The molecule has 22 heavy (non-hydrogen) atoms. The van der Waals surface area contributed by atoms with Crippen LogP contribution in [0.1, 0.15) is 23.1 Å². The molecule has 2 heteroatoms. The summed E-state index contributed by atoms with van der Waals surface area (Å²) in [6.07, 6.45) is 2.28. The van der Waals surface area contributed by atoms with Crippen LogP contribution >= 0.6 is 0 Å². The van der Waals surface area contributed by atoms with Crippen LogP contribution in [0.25, 0.3) is 0 Å². The van der Waals surface area contributed by atoms with Crippen molar-refractivity contribution in [1.82, 2.24) is 4.90 Å². The average molecular weight is 294 g/mol. The first-order chi connectivity index (χ1) is 10.7. The lowest BCUT2D eigenvalue weighted by Crippen LogP contribution is -2.47. The molecule has 3 rings (SSSR count). The fourth-order valence-corrected chi connectivity index (χ4v) is 3.60. The third kappa shape index (κ3) is 3.96. The van der Waals surface area contributed by atoms with Gasteiger partial charge in [0, 0.05) is 25.7 Å². The minimum Gasteiger partial charge on any atom is -0.327 e. The zero-order chi connectivity index (χ0) is 15.4. The second-order valence-corrected chi connectivity index (χ2v) is 6.67. The van der Waals surface area contributed by atoms with Gasteiger partial charge in [-0.15, -0.1) is 0 Å². The van der Waals surface area contributed by atoms with Crippen molar-refractivity contribution in [1.29, 1.82) is 0 Å². The van der Waals surface area contributed by atoms with E-state index in [1.165, 1.54) is 16.7 Å². The van der Waals surface area contributed by atoms with Crippen LogP contribution in [0.2, 0.25) is 0 Å². The number of likely N-dealkylation sites (tertiary alicyclic amines) is 1. The molecule has 0 bridgehead atoms. The third-order valence-corrected chi connectivity index (χ3v) is 4.67. The van der Waals surface area contributed by atoms with Crippen molar-refractivity contribution in [3.8, 4) is 0 Å². The van der Waals surface area contributed by atoms with Crippen LogP contribution in [0.15, 0.2) is 54.6 Å². The summed E-state index contributed by atoms with van der Waals surface area (Å²) in [5.74, 6) is 0.662. The van der Waals surface area contributed by atoms with Crippen LogP contribution < -0.4 is 5.73 Å². The molecule has 116 valence electrons. The third-order valence-electron chi connectivity index (χ3n) is 4.67. The summed E-state index contributed by atoms with van der Waals surface area (Å²) in [5, 5.41) is 0. The Bertz CT molecular complexity index is 594. The van der Waals surface area contributed by atoms with Crippen molar-refractivity contribution in [3.63, 3.8) is 0 Å². The standard InChI is InChI=1S/C20H26N2/c1-16-7-5-6-10-19(16)14-22-13-18(12-20(21)15-22)11-17-8-3-2-4-9-17/h2-10,18,20H,11-15,21H2,1H3. The van der Waals surface area contributed by atoms with E-state index in [1.807, 2.05) is 0 Å². The van der Waals surface area contributed by atoms with E-state index < -0.39 is 0 Å². The van der Waals surface area contributed by atoms with E-state index in [4.69, 9.17) is 5.73 Å². The second kappa shape index (κ2) is 7.08. The van der Waals surface area contributed by atoms with Crippen LogP contribution in [0.3, 0.4) is 0 Å². The van der Waals surface area contributed by atoms with Gasteiger partial charge < -0.3 is 5.73 Å². The molecular formula is C20H26N2. The first kappa shape index (κ1) is 15.3. The lowest BCUT2D eigenvalue weighted by atomic mass is 9.88. The summed E-state index contributed by atoms with van der Waals surface area (Å²) in [7, 11) is 0. The van der Waals surface area contributed by atoms with Crippen molar-refractivity contribution in [3.05, 3.63) is 71.3 Å². The van der Waals surface area contributed by atoms with E-state index in [0.717, 1.165) is 32.5 Å². The van der Waals surface area contributed by atoms with Crippen LogP contribution in [0, 0.1) is 12.8 Å². The molecule has 2 nitrogen and oxygen atoms in total. The van der Waals surface area contributed by atoms with Gasteiger partial charge in [0.2, 0.25) is 0 Å². The summed E-state index contributed by atoms with van der Waals surface area (Å²) in [6, 6.07) is 19.8. The van der Waals surface area contributed by atoms with Gasteiger partial charge in [0.15, 0.2) is 0 Å². The van der Waals surface area contributed by atoms with Crippen molar-refractivity contribution in [2.45, 2.75) is 32.4 Å². The molecule has 1 saturated heterocycles. The Morgan fingerprint density at radius 3 is 2.50 bits per heavy atom. The minimum absolute atomic E-state index is 0.298. The fraction of sp³-hybridized carbons (Fsp3) is 0.400. The van der Waals surface area contributed by atoms with Crippen molar-refractivity contribution >= 4 is 0 Å². The largest absolute Gasteiger partial charge is 0.327 e. The number of nitrogens with two attached hydrogens (primary N) is 1. The zero-order valence-electron chi connectivity index (χ0n) is 13.4. The lowest BCUT2D eigenvalue weighted by Gasteiger charge is -2.36. The first-order valence-corrected chi connectivity index (χ1v) is 8.27. The normalized spacial score (nSPS) is 22.6. The maximum atomic E-state index is 6.32. The molecule has 0 saturated carbocycles. The van der Waals surface area contributed by atoms with Gasteiger partial charge in [-0.1, -0.05) is 54.6 Å². The summed E-state index contributed by atoms with van der Waals surface area (Å²) in [5.41, 5.74) is 10.5. The molecule has 0 aliphatic carbocycles. The average Bonchev–Trinajstić information content (AvgIpc) is 2.50. The molecule has 1 aliphatic heterocycles. The topological polar surface area (TPSA) is 29.3 Å². The number of piperidine rings is 1. The highest BCUT2D eigenvalue weighted by molar-refractivity contribution is 5.25. The predicted molar refractivity (Wildman–Crippen MR) is 92.7 cm³/mol. The SMILES string of the molecule is Cc1ccccc1CN1CC(N)CC(Cc2ccccc2)C1. The highest BCUT2D eigenvalue weighted by atomic mass is 15.1. The van der Waals surface area contributed by atoms with Gasteiger partial charge in [0.25, 0.3) is 0 Å². The molecule has 2 aromatic rings. The second-order valence-electron chi connectivity index (χ2n) is 6.67. The van der Waals surface area contributed by atoms with E-state index in [9.17, 15) is 0 Å². The summed E-state index contributed by atoms with van der Waals surface area (Å²) in [6.45, 7) is 5.38. The number of hydrogen-bond acceptors (Lipinski definition) is 2. The number of aryl methyl sites for hydroxylation is 1. The number of nitrogens with zero attached hydrogens (tertiary/aromatic N) is 1. The Balaban J connectivity index is 1.65. The smallest absolute Gasteiger partial charge is 0.0237 e. The molecule has 1 fully saturated rings. The highest BCUT2D eigenvalue weighted by Crippen LogP contribution is 2.22.